The second-order valence-electron chi connectivity index (χ2n) is 7.96. The molecule has 0 atom stereocenters. The summed E-state index contributed by atoms with van der Waals surface area (Å²) in [6, 6.07) is 17.2. The van der Waals surface area contributed by atoms with Crippen molar-refractivity contribution < 1.29 is 0 Å². The van der Waals surface area contributed by atoms with Crippen molar-refractivity contribution >= 4 is 5.69 Å². The van der Waals surface area contributed by atoms with Crippen molar-refractivity contribution in [1.82, 2.24) is 14.7 Å². The van der Waals surface area contributed by atoms with Crippen LogP contribution >= 0.6 is 0 Å². The molecule has 1 aromatic heterocycles. The zero-order valence-electron chi connectivity index (χ0n) is 17.4. The van der Waals surface area contributed by atoms with Crippen LogP contribution in [0.15, 0.2) is 48.5 Å². The van der Waals surface area contributed by atoms with E-state index in [2.05, 4.69) is 84.6 Å². The Balaban J connectivity index is 1.47. The largest absolute Gasteiger partial charge is 0.366 e. The molecule has 1 aliphatic rings. The molecule has 4 nitrogen and oxygen atoms in total. The number of rotatable bonds is 4. The van der Waals surface area contributed by atoms with Gasteiger partial charge in [-0.2, -0.15) is 5.10 Å². The summed E-state index contributed by atoms with van der Waals surface area (Å²) in [4.78, 5) is 5.08. The second-order valence-corrected chi connectivity index (χ2v) is 7.96. The van der Waals surface area contributed by atoms with Gasteiger partial charge in [0.15, 0.2) is 0 Å². The molecule has 1 aliphatic heterocycles. The van der Waals surface area contributed by atoms with Gasteiger partial charge >= 0.3 is 0 Å². The van der Waals surface area contributed by atoms with Gasteiger partial charge in [-0.3, -0.25) is 4.90 Å². The Morgan fingerprint density at radius 2 is 1.57 bits per heavy atom. The van der Waals surface area contributed by atoms with E-state index < -0.39 is 0 Å². The fourth-order valence-corrected chi connectivity index (χ4v) is 4.25. The average Bonchev–Trinajstić information content (AvgIpc) is 3.00. The highest BCUT2D eigenvalue weighted by Gasteiger charge is 2.23. The number of aromatic nitrogens is 2. The zero-order valence-corrected chi connectivity index (χ0v) is 17.4. The summed E-state index contributed by atoms with van der Waals surface area (Å²) in [5.41, 5.74) is 8.97. The number of piperazine rings is 1. The number of hydrogen-bond donors (Lipinski definition) is 0. The van der Waals surface area contributed by atoms with Crippen LogP contribution in [-0.4, -0.2) is 40.9 Å². The van der Waals surface area contributed by atoms with E-state index in [1.54, 1.807) is 0 Å². The molecule has 0 unspecified atom stereocenters. The molecule has 146 valence electrons. The van der Waals surface area contributed by atoms with Crippen LogP contribution in [0.4, 0.5) is 5.69 Å². The zero-order chi connectivity index (χ0) is 19.7. The van der Waals surface area contributed by atoms with Crippen LogP contribution in [0, 0.1) is 27.7 Å². The predicted octanol–water partition coefficient (Wildman–Crippen LogP) is 4.43. The highest BCUT2D eigenvalue weighted by Crippen LogP contribution is 2.28. The highest BCUT2D eigenvalue weighted by atomic mass is 15.3. The van der Waals surface area contributed by atoms with E-state index in [1.807, 2.05) is 6.07 Å². The summed E-state index contributed by atoms with van der Waals surface area (Å²) in [7, 11) is 0. The minimum absolute atomic E-state index is 1.04. The first-order valence-electron chi connectivity index (χ1n) is 10.2. The second kappa shape index (κ2) is 7.80. The van der Waals surface area contributed by atoms with E-state index in [1.165, 1.54) is 28.1 Å². The lowest BCUT2D eigenvalue weighted by atomic mass is 10.0. The monoisotopic (exact) mass is 374 g/mol. The van der Waals surface area contributed by atoms with Crippen LogP contribution in [0.3, 0.4) is 0 Å². The van der Waals surface area contributed by atoms with Gasteiger partial charge < -0.3 is 4.90 Å². The molecule has 0 N–H and O–H groups in total. The lowest BCUT2D eigenvalue weighted by molar-refractivity contribution is 0.249. The molecule has 1 fully saturated rings. The first-order valence-corrected chi connectivity index (χ1v) is 10.2. The van der Waals surface area contributed by atoms with Gasteiger partial charge in [0.1, 0.15) is 0 Å². The van der Waals surface area contributed by atoms with Crippen LogP contribution in [0.2, 0.25) is 0 Å². The topological polar surface area (TPSA) is 24.3 Å². The molecule has 1 saturated heterocycles. The minimum atomic E-state index is 1.04. The molecular formula is C24H30N4. The smallest absolute Gasteiger partial charge is 0.0834 e. The quantitative estimate of drug-likeness (QED) is 0.675. The third-order valence-corrected chi connectivity index (χ3v) is 5.84. The molecule has 0 saturated carbocycles. The van der Waals surface area contributed by atoms with E-state index in [9.17, 15) is 0 Å². The molecule has 4 heteroatoms. The molecular weight excluding hydrogens is 344 g/mol. The number of anilines is 1. The van der Waals surface area contributed by atoms with Crippen molar-refractivity contribution in [2.24, 2.45) is 0 Å². The normalized spacial score (nSPS) is 15.2. The van der Waals surface area contributed by atoms with E-state index in [0.717, 1.165) is 44.1 Å². The third kappa shape index (κ3) is 3.69. The van der Waals surface area contributed by atoms with Gasteiger partial charge in [0.25, 0.3) is 0 Å². The molecule has 0 bridgehead atoms. The Bertz CT molecular complexity index is 950. The van der Waals surface area contributed by atoms with Crippen molar-refractivity contribution in [3.05, 3.63) is 76.6 Å². The van der Waals surface area contributed by atoms with Crippen LogP contribution < -0.4 is 4.90 Å². The van der Waals surface area contributed by atoms with Crippen LogP contribution in [0.1, 0.15) is 28.1 Å². The van der Waals surface area contributed by atoms with Gasteiger partial charge in [0, 0.05) is 32.7 Å². The molecule has 2 heterocycles. The maximum Gasteiger partial charge on any atom is 0.0834 e. The Labute approximate surface area is 168 Å². The molecule has 0 amide bonds. The third-order valence-electron chi connectivity index (χ3n) is 5.84. The van der Waals surface area contributed by atoms with Crippen molar-refractivity contribution in [3.8, 4) is 5.69 Å². The molecule has 28 heavy (non-hydrogen) atoms. The summed E-state index contributed by atoms with van der Waals surface area (Å²) < 4.78 is 2.08. The van der Waals surface area contributed by atoms with Crippen molar-refractivity contribution in [2.45, 2.75) is 34.2 Å². The molecule has 4 rings (SSSR count). The summed E-state index contributed by atoms with van der Waals surface area (Å²) in [5, 5.41) is 4.83. The van der Waals surface area contributed by atoms with Gasteiger partial charge in [-0.1, -0.05) is 42.0 Å². The average molecular weight is 375 g/mol. The number of hydrogen-bond acceptors (Lipinski definition) is 3. The Hall–Kier alpha value is -2.59. The first-order chi connectivity index (χ1) is 13.5. The Morgan fingerprint density at radius 3 is 2.29 bits per heavy atom. The molecule has 0 radical (unpaired) electrons. The van der Waals surface area contributed by atoms with Crippen LogP contribution in [0.5, 0.6) is 0 Å². The summed E-state index contributed by atoms with van der Waals surface area (Å²) in [6.45, 7) is 14.0. The summed E-state index contributed by atoms with van der Waals surface area (Å²) in [5.74, 6) is 0. The van der Waals surface area contributed by atoms with Gasteiger partial charge in [0.05, 0.1) is 22.8 Å². The molecule has 0 spiro atoms. The lowest BCUT2D eigenvalue weighted by Crippen LogP contribution is -2.46. The van der Waals surface area contributed by atoms with E-state index in [4.69, 9.17) is 5.10 Å². The molecule has 2 aromatic carbocycles. The van der Waals surface area contributed by atoms with Gasteiger partial charge in [-0.15, -0.1) is 0 Å². The minimum Gasteiger partial charge on any atom is -0.366 e. The maximum absolute atomic E-state index is 4.83. The van der Waals surface area contributed by atoms with Crippen LogP contribution in [0.25, 0.3) is 5.69 Å². The maximum atomic E-state index is 4.83. The number of para-hydroxylation sites is 1. The highest BCUT2D eigenvalue weighted by molar-refractivity contribution is 5.57. The van der Waals surface area contributed by atoms with E-state index in [-0.39, 0.29) is 0 Å². The number of benzene rings is 2. The van der Waals surface area contributed by atoms with Crippen LogP contribution in [-0.2, 0) is 6.54 Å². The van der Waals surface area contributed by atoms with Gasteiger partial charge in [-0.05, 0) is 51.0 Å². The Morgan fingerprint density at radius 1 is 0.857 bits per heavy atom. The Kier molecular flexibility index (Phi) is 5.23. The number of nitrogens with zero attached hydrogens (tertiary/aromatic N) is 4. The molecule has 3 aromatic rings. The standard InChI is InChI=1S/C24H30N4/c1-18-10-11-19(2)22(16-18)17-26-12-14-27(15-13-26)24-20(3)25-28(21(24)4)23-8-6-5-7-9-23/h5-11,16H,12-15,17H2,1-4H3. The van der Waals surface area contributed by atoms with Gasteiger partial charge in [0.2, 0.25) is 0 Å². The van der Waals surface area contributed by atoms with Crippen molar-refractivity contribution in [3.63, 3.8) is 0 Å². The number of aryl methyl sites for hydroxylation is 3. The summed E-state index contributed by atoms with van der Waals surface area (Å²) in [6.07, 6.45) is 0. The van der Waals surface area contributed by atoms with Crippen molar-refractivity contribution in [1.29, 1.82) is 0 Å². The predicted molar refractivity (Wildman–Crippen MR) is 116 cm³/mol. The van der Waals surface area contributed by atoms with E-state index in [0.29, 0.717) is 0 Å². The molecule has 0 aliphatic carbocycles. The van der Waals surface area contributed by atoms with Gasteiger partial charge in [-0.25, -0.2) is 4.68 Å². The SMILES string of the molecule is Cc1ccc(C)c(CN2CCN(c3c(C)nn(-c4ccccc4)c3C)CC2)c1. The van der Waals surface area contributed by atoms with Crippen molar-refractivity contribution in [2.75, 3.05) is 31.1 Å². The fraction of sp³-hybridized carbons (Fsp3) is 0.375. The van der Waals surface area contributed by atoms with E-state index >= 15 is 0 Å². The fourth-order valence-electron chi connectivity index (χ4n) is 4.25. The summed E-state index contributed by atoms with van der Waals surface area (Å²) >= 11 is 0. The lowest BCUT2D eigenvalue weighted by Gasteiger charge is -2.36. The first kappa shape index (κ1) is 18.8.